The highest BCUT2D eigenvalue weighted by atomic mass is 16.3. The van der Waals surface area contributed by atoms with E-state index < -0.39 is 5.41 Å². The van der Waals surface area contributed by atoms with Crippen molar-refractivity contribution in [2.75, 3.05) is 18.9 Å². The number of terminal acetylenes is 1. The van der Waals surface area contributed by atoms with Gasteiger partial charge in [-0.1, -0.05) is 18.9 Å². The predicted molar refractivity (Wildman–Crippen MR) is 141 cm³/mol. The molecule has 1 fully saturated rings. The zero-order valence-electron chi connectivity index (χ0n) is 21.1. The fourth-order valence-electron chi connectivity index (χ4n) is 5.81. The second-order valence-corrected chi connectivity index (χ2v) is 10.2. The van der Waals surface area contributed by atoms with Gasteiger partial charge in [-0.2, -0.15) is 0 Å². The number of fused-ring (bicyclic) bond motifs is 1. The second kappa shape index (κ2) is 9.07. The number of aliphatic hydroxyl groups is 1. The Morgan fingerprint density at radius 3 is 2.83 bits per heavy atom. The maximum absolute atomic E-state index is 13.5. The van der Waals surface area contributed by atoms with Crippen LogP contribution in [0, 0.1) is 24.7 Å². The van der Waals surface area contributed by atoms with E-state index in [2.05, 4.69) is 26.9 Å². The summed E-state index contributed by atoms with van der Waals surface area (Å²) in [6.07, 6.45) is 14.9. The number of aryl methyl sites for hydroxylation is 2. The summed E-state index contributed by atoms with van der Waals surface area (Å²) in [6, 6.07) is 1.84. The molecule has 5 rings (SSSR count). The molecule has 36 heavy (non-hydrogen) atoms. The van der Waals surface area contributed by atoms with E-state index in [1.807, 2.05) is 42.6 Å². The van der Waals surface area contributed by atoms with E-state index in [9.17, 15) is 9.90 Å². The molecule has 0 unspecified atom stereocenters. The number of hydrogen-bond donors (Lipinski definition) is 2. The number of nitrogens with zero attached hydrogens (tertiary/aromatic N) is 5. The number of likely N-dealkylation sites (tertiary alicyclic amines) is 1. The molecule has 1 amide bonds. The molecule has 0 bridgehead atoms. The molecule has 1 aliphatic heterocycles. The highest BCUT2D eigenvalue weighted by Gasteiger charge is 2.42. The fraction of sp³-hybridized carbons (Fsp3) is 0.429. The number of amides is 1. The van der Waals surface area contributed by atoms with Crippen LogP contribution in [0.1, 0.15) is 55.8 Å². The molecule has 186 valence electrons. The van der Waals surface area contributed by atoms with Crippen molar-refractivity contribution in [1.29, 1.82) is 0 Å². The van der Waals surface area contributed by atoms with Crippen LogP contribution in [0.4, 0.5) is 5.82 Å². The van der Waals surface area contributed by atoms with Crippen LogP contribution in [0.15, 0.2) is 24.7 Å². The van der Waals surface area contributed by atoms with Crippen LogP contribution in [0.2, 0.25) is 0 Å². The van der Waals surface area contributed by atoms with E-state index in [4.69, 9.17) is 12.2 Å². The van der Waals surface area contributed by atoms with Crippen LogP contribution in [0.25, 0.3) is 27.9 Å². The van der Waals surface area contributed by atoms with Gasteiger partial charge in [-0.15, -0.1) is 6.42 Å². The third-order valence-corrected chi connectivity index (χ3v) is 7.94. The standard InChI is InChI=1S/C28H32N6O2/c1-5-19-13-17(2)21(14-30-19)24-22(23-25(29)31-16-32-26(23)33(24)4)18-8-10-28(3,11-9-18)27(36)34-12-6-7-20(34)15-35/h1,8,13-14,16,20,35H,6-7,9-12,15H2,2-4H3,(H2,29,31,32)/t20-,28-/m0/s1. The molecule has 4 heterocycles. The minimum Gasteiger partial charge on any atom is -0.394 e. The molecule has 0 radical (unpaired) electrons. The number of aromatic nitrogens is 4. The molecular weight excluding hydrogens is 452 g/mol. The molecule has 8 heteroatoms. The monoisotopic (exact) mass is 484 g/mol. The second-order valence-electron chi connectivity index (χ2n) is 10.2. The zero-order chi connectivity index (χ0) is 25.6. The average molecular weight is 485 g/mol. The molecule has 8 nitrogen and oxygen atoms in total. The third-order valence-electron chi connectivity index (χ3n) is 7.94. The lowest BCUT2D eigenvalue weighted by molar-refractivity contribution is -0.143. The Balaban J connectivity index is 1.61. The number of rotatable bonds is 4. The lowest BCUT2D eigenvalue weighted by Gasteiger charge is -2.37. The van der Waals surface area contributed by atoms with Gasteiger partial charge in [-0.3, -0.25) is 4.79 Å². The normalized spacial score (nSPS) is 22.0. The Kier molecular flexibility index (Phi) is 6.05. The van der Waals surface area contributed by atoms with Crippen LogP contribution < -0.4 is 5.73 Å². The van der Waals surface area contributed by atoms with Crippen molar-refractivity contribution in [1.82, 2.24) is 24.4 Å². The molecule has 0 spiro atoms. The number of hydrogen-bond acceptors (Lipinski definition) is 6. The Hall–Kier alpha value is -3.70. The van der Waals surface area contributed by atoms with Gasteiger partial charge in [0.05, 0.1) is 29.1 Å². The summed E-state index contributed by atoms with van der Waals surface area (Å²) in [5.74, 6) is 3.17. The molecule has 0 saturated carbocycles. The van der Waals surface area contributed by atoms with E-state index in [-0.39, 0.29) is 18.6 Å². The van der Waals surface area contributed by atoms with E-state index in [0.717, 1.165) is 64.8 Å². The van der Waals surface area contributed by atoms with Crippen LogP contribution in [-0.4, -0.2) is 54.6 Å². The van der Waals surface area contributed by atoms with Gasteiger partial charge in [0, 0.05) is 30.9 Å². The van der Waals surface area contributed by atoms with Crippen molar-refractivity contribution < 1.29 is 9.90 Å². The Morgan fingerprint density at radius 1 is 1.36 bits per heavy atom. The average Bonchev–Trinajstić information content (AvgIpc) is 3.47. The summed E-state index contributed by atoms with van der Waals surface area (Å²) in [5, 5.41) is 10.5. The molecule has 0 aromatic carbocycles. The van der Waals surface area contributed by atoms with E-state index in [0.29, 0.717) is 24.4 Å². The number of pyridine rings is 1. The van der Waals surface area contributed by atoms with Gasteiger partial charge in [-0.25, -0.2) is 15.0 Å². The predicted octanol–water partition coefficient (Wildman–Crippen LogP) is 3.46. The van der Waals surface area contributed by atoms with E-state index >= 15 is 0 Å². The van der Waals surface area contributed by atoms with Crippen molar-refractivity contribution in [3.63, 3.8) is 0 Å². The first-order valence-corrected chi connectivity index (χ1v) is 12.4. The molecular formula is C28H32N6O2. The minimum atomic E-state index is -0.500. The van der Waals surface area contributed by atoms with Crippen LogP contribution >= 0.6 is 0 Å². The number of aliphatic hydroxyl groups excluding tert-OH is 1. The molecule has 2 atom stereocenters. The van der Waals surface area contributed by atoms with Gasteiger partial charge in [0.25, 0.3) is 0 Å². The Bertz CT molecular complexity index is 1430. The summed E-state index contributed by atoms with van der Waals surface area (Å²) >= 11 is 0. The van der Waals surface area contributed by atoms with Crippen molar-refractivity contribution in [3.8, 4) is 23.6 Å². The first-order valence-electron chi connectivity index (χ1n) is 12.4. The van der Waals surface area contributed by atoms with Crippen LogP contribution in [0.5, 0.6) is 0 Å². The van der Waals surface area contributed by atoms with Gasteiger partial charge in [0.15, 0.2) is 0 Å². The largest absolute Gasteiger partial charge is 0.394 e. The maximum atomic E-state index is 13.5. The smallest absolute Gasteiger partial charge is 0.229 e. The first-order chi connectivity index (χ1) is 17.3. The zero-order valence-corrected chi connectivity index (χ0v) is 21.1. The van der Waals surface area contributed by atoms with Gasteiger partial charge >= 0.3 is 0 Å². The number of allylic oxidation sites excluding steroid dienone is 2. The summed E-state index contributed by atoms with van der Waals surface area (Å²) in [7, 11) is 1.97. The number of anilines is 1. The summed E-state index contributed by atoms with van der Waals surface area (Å²) in [5.41, 5.74) is 12.3. The van der Waals surface area contributed by atoms with Crippen LogP contribution in [0.3, 0.4) is 0 Å². The van der Waals surface area contributed by atoms with Gasteiger partial charge in [0.1, 0.15) is 23.5 Å². The first kappa shape index (κ1) is 24.0. The lowest BCUT2D eigenvalue weighted by atomic mass is 9.73. The highest BCUT2D eigenvalue weighted by molar-refractivity contribution is 6.04. The van der Waals surface area contributed by atoms with Crippen molar-refractivity contribution in [2.24, 2.45) is 12.5 Å². The third kappa shape index (κ3) is 3.75. The fourth-order valence-corrected chi connectivity index (χ4v) is 5.81. The van der Waals surface area contributed by atoms with Gasteiger partial charge in [-0.05, 0) is 56.2 Å². The maximum Gasteiger partial charge on any atom is 0.229 e. The Morgan fingerprint density at radius 2 is 2.17 bits per heavy atom. The number of carbonyl (C=O) groups excluding carboxylic acids is 1. The molecule has 2 aliphatic rings. The topological polar surface area (TPSA) is 110 Å². The highest BCUT2D eigenvalue weighted by Crippen LogP contribution is 2.46. The van der Waals surface area contributed by atoms with Crippen molar-refractivity contribution in [3.05, 3.63) is 41.5 Å². The number of nitrogens with two attached hydrogens (primary N) is 1. The summed E-state index contributed by atoms with van der Waals surface area (Å²) < 4.78 is 2.04. The van der Waals surface area contributed by atoms with Gasteiger partial charge < -0.3 is 20.3 Å². The van der Waals surface area contributed by atoms with Gasteiger partial charge in [0.2, 0.25) is 5.91 Å². The molecule has 3 aromatic heterocycles. The Labute approximate surface area is 211 Å². The SMILES string of the molecule is C#Cc1cc(C)c(-c2c(C3=CC[C@](C)(C(=O)N4CCC[C@H]4CO)CC3)c3c(N)ncnc3n2C)cn1. The summed E-state index contributed by atoms with van der Waals surface area (Å²) in [4.78, 5) is 28.7. The van der Waals surface area contributed by atoms with Crippen molar-refractivity contribution in [2.45, 2.75) is 52.0 Å². The molecule has 3 N–H and O–H groups in total. The minimum absolute atomic E-state index is 0.0212. The molecule has 3 aromatic rings. The molecule has 1 saturated heterocycles. The lowest BCUT2D eigenvalue weighted by Crippen LogP contribution is -2.46. The van der Waals surface area contributed by atoms with E-state index in [1.54, 1.807) is 0 Å². The van der Waals surface area contributed by atoms with Crippen LogP contribution in [-0.2, 0) is 11.8 Å². The number of nitrogen functional groups attached to an aromatic ring is 1. The summed E-state index contributed by atoms with van der Waals surface area (Å²) in [6.45, 7) is 4.81. The van der Waals surface area contributed by atoms with E-state index in [1.165, 1.54) is 6.33 Å². The molecule has 1 aliphatic carbocycles. The van der Waals surface area contributed by atoms with Crippen molar-refractivity contribution >= 4 is 28.3 Å². The number of carbonyl (C=O) groups is 1. The quantitative estimate of drug-likeness (QED) is 0.549.